The molecule has 0 aromatic heterocycles. The summed E-state index contributed by atoms with van der Waals surface area (Å²) < 4.78 is 15.6. The molecule has 1 saturated carbocycles. The lowest BCUT2D eigenvalue weighted by Gasteiger charge is -2.27. The van der Waals surface area contributed by atoms with E-state index >= 15 is 0 Å². The van der Waals surface area contributed by atoms with Crippen LogP contribution in [0.3, 0.4) is 0 Å². The molecule has 0 bridgehead atoms. The molecular weight excluding hydrogens is 278 g/mol. The van der Waals surface area contributed by atoms with Crippen LogP contribution >= 0.6 is 0 Å². The van der Waals surface area contributed by atoms with E-state index in [9.17, 15) is 4.55 Å². The van der Waals surface area contributed by atoms with Crippen molar-refractivity contribution >= 4 is 11.4 Å². The van der Waals surface area contributed by atoms with Crippen LogP contribution in [0.5, 0.6) is 0 Å². The van der Waals surface area contributed by atoms with E-state index in [0.717, 1.165) is 30.9 Å². The maximum absolute atomic E-state index is 12.2. The van der Waals surface area contributed by atoms with Crippen LogP contribution in [0.15, 0.2) is 30.3 Å². The van der Waals surface area contributed by atoms with Gasteiger partial charge in [0.1, 0.15) is 5.75 Å². The molecule has 0 heterocycles. The minimum atomic E-state index is -0.905. The van der Waals surface area contributed by atoms with E-state index in [-0.39, 0.29) is 6.04 Å². The van der Waals surface area contributed by atoms with Gasteiger partial charge < -0.3 is 4.55 Å². The monoisotopic (exact) mass is 307 g/mol. The van der Waals surface area contributed by atoms with Crippen molar-refractivity contribution in [2.45, 2.75) is 64.3 Å². The Morgan fingerprint density at radius 3 is 2.57 bits per heavy atom. The third kappa shape index (κ3) is 6.01. The van der Waals surface area contributed by atoms with E-state index < -0.39 is 11.4 Å². The van der Waals surface area contributed by atoms with Crippen LogP contribution in [0.25, 0.3) is 0 Å². The number of benzene rings is 1. The lowest BCUT2D eigenvalue weighted by atomic mass is 9.83. The molecule has 3 heteroatoms. The first kappa shape index (κ1) is 16.9. The lowest BCUT2D eigenvalue weighted by Crippen LogP contribution is -2.32. The smallest absolute Gasteiger partial charge is 0.125 e. The zero-order valence-corrected chi connectivity index (χ0v) is 14.0. The van der Waals surface area contributed by atoms with Crippen molar-refractivity contribution in [3.63, 3.8) is 0 Å². The Morgan fingerprint density at radius 2 is 1.90 bits per heavy atom. The zero-order valence-electron chi connectivity index (χ0n) is 13.2. The van der Waals surface area contributed by atoms with Crippen molar-refractivity contribution in [3.8, 4) is 0 Å². The minimum Gasteiger partial charge on any atom is -0.598 e. The van der Waals surface area contributed by atoms with E-state index in [2.05, 4.69) is 42.0 Å². The Morgan fingerprint density at radius 1 is 1.19 bits per heavy atom. The summed E-state index contributed by atoms with van der Waals surface area (Å²) in [6, 6.07) is 10.8. The van der Waals surface area contributed by atoms with E-state index in [4.69, 9.17) is 0 Å². The molecule has 1 aliphatic carbocycles. The maximum Gasteiger partial charge on any atom is 0.125 e. The van der Waals surface area contributed by atoms with Crippen LogP contribution in [0.1, 0.15) is 69.9 Å². The highest BCUT2D eigenvalue weighted by atomic mass is 32.2. The first-order valence-electron chi connectivity index (χ1n) is 8.49. The lowest BCUT2D eigenvalue weighted by molar-refractivity contribution is 0.312. The summed E-state index contributed by atoms with van der Waals surface area (Å²) in [7, 11) is 0. The van der Waals surface area contributed by atoms with Crippen molar-refractivity contribution in [2.24, 2.45) is 5.92 Å². The average Bonchev–Trinajstić information content (AvgIpc) is 2.54. The molecule has 1 aliphatic rings. The van der Waals surface area contributed by atoms with E-state index in [0.29, 0.717) is 0 Å². The minimum absolute atomic E-state index is 0.243. The summed E-state index contributed by atoms with van der Waals surface area (Å²) in [6.07, 6.45) is 10.1. The fraction of sp³-hybridized carbons (Fsp3) is 0.667. The Balaban J connectivity index is 1.96. The van der Waals surface area contributed by atoms with Gasteiger partial charge in [0.05, 0.1) is 6.04 Å². The van der Waals surface area contributed by atoms with Gasteiger partial charge in [0.15, 0.2) is 0 Å². The van der Waals surface area contributed by atoms with Crippen molar-refractivity contribution in [1.82, 2.24) is 4.72 Å². The van der Waals surface area contributed by atoms with Crippen LogP contribution in [-0.2, 0) is 11.4 Å². The van der Waals surface area contributed by atoms with Crippen LogP contribution in [0, 0.1) is 5.92 Å². The Labute approximate surface area is 133 Å². The standard InChI is InChI=1S/C18H29NOS/c1-2-3-14-21(20)19-18(17-12-8-5-9-13-17)15-16-10-6-4-7-11-16/h5,8-9,12-13,16,18-19H,2-4,6-7,10-11,14-15H2,1H3/t18-,21?/m1/s1. The van der Waals surface area contributed by atoms with Gasteiger partial charge in [-0.05, 0) is 24.3 Å². The number of hydrogen-bond donors (Lipinski definition) is 1. The molecule has 21 heavy (non-hydrogen) atoms. The maximum atomic E-state index is 12.2. The summed E-state index contributed by atoms with van der Waals surface area (Å²) in [4.78, 5) is 0. The topological polar surface area (TPSA) is 35.1 Å². The highest BCUT2D eigenvalue weighted by Crippen LogP contribution is 2.32. The van der Waals surface area contributed by atoms with Gasteiger partial charge in [-0.3, -0.25) is 0 Å². The van der Waals surface area contributed by atoms with Gasteiger partial charge in [0, 0.05) is 11.4 Å². The molecule has 0 amide bonds. The van der Waals surface area contributed by atoms with Crippen molar-refractivity contribution < 1.29 is 4.55 Å². The summed E-state index contributed by atoms with van der Waals surface area (Å²) in [5.74, 6) is 1.56. The van der Waals surface area contributed by atoms with Crippen LogP contribution < -0.4 is 4.72 Å². The van der Waals surface area contributed by atoms with Gasteiger partial charge in [-0.25, -0.2) is 0 Å². The molecule has 0 saturated heterocycles. The van der Waals surface area contributed by atoms with Gasteiger partial charge in [-0.15, -0.1) is 4.72 Å². The van der Waals surface area contributed by atoms with Gasteiger partial charge in [-0.1, -0.05) is 75.8 Å². The predicted octanol–water partition coefficient (Wildman–Crippen LogP) is 4.75. The Kier molecular flexibility index (Phi) is 7.62. The predicted molar refractivity (Wildman–Crippen MR) is 91.4 cm³/mol. The molecule has 1 aromatic rings. The van der Waals surface area contributed by atoms with Gasteiger partial charge in [0.2, 0.25) is 0 Å². The largest absolute Gasteiger partial charge is 0.598 e. The van der Waals surface area contributed by atoms with Crippen molar-refractivity contribution in [2.75, 3.05) is 5.75 Å². The highest BCUT2D eigenvalue weighted by Gasteiger charge is 2.23. The third-order valence-electron chi connectivity index (χ3n) is 4.45. The fourth-order valence-electron chi connectivity index (χ4n) is 3.19. The van der Waals surface area contributed by atoms with E-state index in [1.165, 1.54) is 37.7 Å². The number of rotatable bonds is 8. The molecule has 1 aromatic carbocycles. The average molecular weight is 308 g/mol. The molecule has 1 N–H and O–H groups in total. The van der Waals surface area contributed by atoms with Gasteiger partial charge in [-0.2, -0.15) is 0 Å². The molecule has 0 radical (unpaired) electrons. The molecule has 2 atom stereocenters. The second-order valence-corrected chi connectivity index (χ2v) is 7.56. The molecule has 1 unspecified atom stereocenters. The van der Waals surface area contributed by atoms with Crippen LogP contribution in [0.2, 0.25) is 0 Å². The highest BCUT2D eigenvalue weighted by molar-refractivity contribution is 7.89. The molecule has 1 fully saturated rings. The normalized spacial score (nSPS) is 19.3. The van der Waals surface area contributed by atoms with Gasteiger partial charge >= 0.3 is 0 Å². The summed E-state index contributed by atoms with van der Waals surface area (Å²) in [5, 5.41) is 0. The quantitative estimate of drug-likeness (QED) is 0.703. The third-order valence-corrected chi connectivity index (χ3v) is 5.66. The molecule has 2 nitrogen and oxygen atoms in total. The van der Waals surface area contributed by atoms with E-state index in [1.807, 2.05) is 0 Å². The fourth-order valence-corrected chi connectivity index (χ4v) is 4.41. The van der Waals surface area contributed by atoms with Crippen molar-refractivity contribution in [1.29, 1.82) is 0 Å². The molecule has 0 spiro atoms. The Hall–Kier alpha value is -0.510. The molecule has 118 valence electrons. The summed E-state index contributed by atoms with van der Waals surface area (Å²) in [6.45, 7) is 2.15. The van der Waals surface area contributed by atoms with Gasteiger partial charge in [0.25, 0.3) is 0 Å². The second-order valence-electron chi connectivity index (χ2n) is 6.22. The van der Waals surface area contributed by atoms with Crippen LogP contribution in [-0.4, -0.2) is 10.3 Å². The first-order chi connectivity index (χ1) is 10.3. The van der Waals surface area contributed by atoms with Crippen LogP contribution in [0.4, 0.5) is 0 Å². The molecule has 0 aliphatic heterocycles. The Bertz CT molecular complexity index is 378. The molecule has 2 rings (SSSR count). The van der Waals surface area contributed by atoms with E-state index in [1.54, 1.807) is 0 Å². The zero-order chi connectivity index (χ0) is 14.9. The SMILES string of the molecule is CCCC[S+]([O-])N[C@H](CC1CCCCC1)c1ccccc1. The number of hydrogen-bond acceptors (Lipinski definition) is 2. The first-order valence-corrected chi connectivity index (χ1v) is 9.81. The van der Waals surface area contributed by atoms with Crippen molar-refractivity contribution in [3.05, 3.63) is 35.9 Å². The summed E-state index contributed by atoms with van der Waals surface area (Å²) in [5.41, 5.74) is 1.29. The number of unbranched alkanes of at least 4 members (excludes halogenated alkanes) is 1. The summed E-state index contributed by atoms with van der Waals surface area (Å²) >= 11 is -0.905. The molecular formula is C18H29NOS. The second kappa shape index (κ2) is 9.50. The number of nitrogens with one attached hydrogen (secondary N) is 1.